The molecule has 1 aromatic heterocycles. The number of hydrogen-bond acceptors (Lipinski definition) is 4. The molecule has 1 aliphatic heterocycles. The lowest BCUT2D eigenvalue weighted by molar-refractivity contribution is 0.174. The number of aromatic nitrogens is 1. The van der Waals surface area contributed by atoms with Crippen LogP contribution in [0.2, 0.25) is 0 Å². The van der Waals surface area contributed by atoms with Crippen LogP contribution < -0.4 is 19.7 Å². The molecule has 0 fully saturated rings. The van der Waals surface area contributed by atoms with E-state index in [4.69, 9.17) is 21.7 Å². The number of thiocarbonyl (C=S) groups is 1. The van der Waals surface area contributed by atoms with Crippen LogP contribution in [0.25, 0.3) is 0 Å². The zero-order valence-electron chi connectivity index (χ0n) is 15.8. The Bertz CT molecular complexity index is 988. The van der Waals surface area contributed by atoms with E-state index in [2.05, 4.69) is 42.3 Å². The first-order valence-electron chi connectivity index (χ1n) is 9.04. The Morgan fingerprint density at radius 2 is 1.71 bits per heavy atom. The van der Waals surface area contributed by atoms with Crippen molar-refractivity contribution in [2.75, 3.05) is 17.0 Å². The lowest BCUT2D eigenvalue weighted by Crippen LogP contribution is -2.34. The first kappa shape index (κ1) is 18.3. The molecule has 3 aromatic rings. The van der Waals surface area contributed by atoms with Crippen LogP contribution in [0, 0.1) is 13.8 Å². The molecule has 0 unspecified atom stereocenters. The number of ether oxygens (including phenoxy) is 2. The van der Waals surface area contributed by atoms with Crippen LogP contribution in [0.1, 0.15) is 16.7 Å². The number of nitrogens with one attached hydrogen (secondary N) is 1. The molecule has 2 heterocycles. The van der Waals surface area contributed by atoms with E-state index in [1.165, 1.54) is 11.1 Å². The molecule has 1 N–H and O–H groups in total. The van der Waals surface area contributed by atoms with Crippen molar-refractivity contribution in [3.8, 4) is 11.5 Å². The van der Waals surface area contributed by atoms with Crippen LogP contribution in [0.15, 0.2) is 60.9 Å². The molecule has 28 heavy (non-hydrogen) atoms. The summed E-state index contributed by atoms with van der Waals surface area (Å²) in [5, 5.41) is 3.99. The molecule has 0 saturated carbocycles. The third kappa shape index (κ3) is 4.07. The summed E-state index contributed by atoms with van der Waals surface area (Å²) < 4.78 is 11.0. The standard InChI is InChI=1S/C22H21N3O2S/c1-15-9-16(2)11-18(10-15)24-22(28)25(13-17-5-7-23-8-6-17)19-3-4-20-21(12-19)27-14-26-20/h3-12H,13-14H2,1-2H3,(H,24,28). The minimum absolute atomic E-state index is 0.244. The predicted octanol–water partition coefficient (Wildman–Crippen LogP) is 4.83. The molecule has 5 nitrogen and oxygen atoms in total. The number of nitrogens with zero attached hydrogens (tertiary/aromatic N) is 2. The summed E-state index contributed by atoms with van der Waals surface area (Å²) in [6, 6.07) is 16.1. The van der Waals surface area contributed by atoms with Gasteiger partial charge < -0.3 is 19.7 Å². The molecule has 142 valence electrons. The van der Waals surface area contributed by atoms with Crippen LogP contribution in [0.3, 0.4) is 0 Å². The zero-order chi connectivity index (χ0) is 19.5. The Morgan fingerprint density at radius 1 is 1.00 bits per heavy atom. The molecule has 0 aliphatic carbocycles. The summed E-state index contributed by atoms with van der Waals surface area (Å²) in [6.07, 6.45) is 3.57. The van der Waals surface area contributed by atoms with Gasteiger partial charge in [0.25, 0.3) is 0 Å². The summed E-state index contributed by atoms with van der Waals surface area (Å²) in [5.41, 5.74) is 5.39. The van der Waals surface area contributed by atoms with Gasteiger partial charge in [-0.2, -0.15) is 0 Å². The average molecular weight is 391 g/mol. The highest BCUT2D eigenvalue weighted by Gasteiger charge is 2.19. The number of anilines is 2. The van der Waals surface area contributed by atoms with Crippen molar-refractivity contribution >= 4 is 28.7 Å². The maximum atomic E-state index is 5.78. The smallest absolute Gasteiger partial charge is 0.231 e. The number of aryl methyl sites for hydroxylation is 2. The Balaban J connectivity index is 1.64. The number of fused-ring (bicyclic) bond motifs is 1. The van der Waals surface area contributed by atoms with Crippen LogP contribution in [-0.2, 0) is 6.54 Å². The van der Waals surface area contributed by atoms with Gasteiger partial charge in [0.1, 0.15) is 0 Å². The highest BCUT2D eigenvalue weighted by atomic mass is 32.1. The third-order valence-corrected chi connectivity index (χ3v) is 4.80. The summed E-state index contributed by atoms with van der Waals surface area (Å²) in [4.78, 5) is 6.15. The fourth-order valence-corrected chi connectivity index (χ4v) is 3.53. The quantitative estimate of drug-likeness (QED) is 0.643. The van der Waals surface area contributed by atoms with E-state index in [-0.39, 0.29) is 6.79 Å². The molecule has 0 spiro atoms. The van der Waals surface area contributed by atoms with Gasteiger partial charge in [-0.05, 0) is 79.2 Å². The van der Waals surface area contributed by atoms with Gasteiger partial charge in [0, 0.05) is 29.8 Å². The molecule has 2 aromatic carbocycles. The summed E-state index contributed by atoms with van der Waals surface area (Å²) >= 11 is 5.78. The van der Waals surface area contributed by atoms with Gasteiger partial charge in [0.15, 0.2) is 16.6 Å². The summed E-state index contributed by atoms with van der Waals surface area (Å²) in [5.74, 6) is 1.48. The molecule has 0 radical (unpaired) electrons. The number of pyridine rings is 1. The van der Waals surface area contributed by atoms with Crippen molar-refractivity contribution in [2.45, 2.75) is 20.4 Å². The van der Waals surface area contributed by atoms with Gasteiger partial charge in [-0.25, -0.2) is 0 Å². The minimum atomic E-state index is 0.244. The Labute approximate surface area is 169 Å². The topological polar surface area (TPSA) is 46.6 Å². The highest BCUT2D eigenvalue weighted by molar-refractivity contribution is 7.80. The molecule has 4 rings (SSSR count). The van der Waals surface area contributed by atoms with Gasteiger partial charge in [-0.3, -0.25) is 4.98 Å². The predicted molar refractivity (Wildman–Crippen MR) is 115 cm³/mol. The first-order chi connectivity index (χ1) is 13.6. The van der Waals surface area contributed by atoms with Crippen molar-refractivity contribution in [3.63, 3.8) is 0 Å². The van der Waals surface area contributed by atoms with Gasteiger partial charge in [-0.15, -0.1) is 0 Å². The van der Waals surface area contributed by atoms with E-state index in [1.807, 2.05) is 35.2 Å². The molecule has 0 amide bonds. The molecular formula is C22H21N3O2S. The highest BCUT2D eigenvalue weighted by Crippen LogP contribution is 2.36. The van der Waals surface area contributed by atoms with Crippen molar-refractivity contribution in [3.05, 3.63) is 77.6 Å². The number of hydrogen-bond donors (Lipinski definition) is 1. The van der Waals surface area contributed by atoms with Crippen molar-refractivity contribution in [2.24, 2.45) is 0 Å². The fourth-order valence-electron chi connectivity index (χ4n) is 3.24. The lowest BCUT2D eigenvalue weighted by atomic mass is 10.1. The minimum Gasteiger partial charge on any atom is -0.454 e. The van der Waals surface area contributed by atoms with Crippen LogP contribution in [0.5, 0.6) is 11.5 Å². The van der Waals surface area contributed by atoms with E-state index in [0.717, 1.165) is 28.4 Å². The first-order valence-corrected chi connectivity index (χ1v) is 9.45. The van der Waals surface area contributed by atoms with Crippen molar-refractivity contribution in [1.29, 1.82) is 0 Å². The fraction of sp³-hybridized carbons (Fsp3) is 0.182. The van der Waals surface area contributed by atoms with Crippen LogP contribution in [0.4, 0.5) is 11.4 Å². The van der Waals surface area contributed by atoms with Crippen LogP contribution in [-0.4, -0.2) is 16.9 Å². The molecule has 6 heteroatoms. The van der Waals surface area contributed by atoms with E-state index in [1.54, 1.807) is 12.4 Å². The van der Waals surface area contributed by atoms with E-state index in [9.17, 15) is 0 Å². The van der Waals surface area contributed by atoms with E-state index >= 15 is 0 Å². The SMILES string of the molecule is Cc1cc(C)cc(NC(=S)N(Cc2ccncc2)c2ccc3c(c2)OCO3)c1. The summed E-state index contributed by atoms with van der Waals surface area (Å²) in [7, 11) is 0. The average Bonchev–Trinajstić information content (AvgIpc) is 3.14. The molecule has 0 atom stereocenters. The maximum Gasteiger partial charge on any atom is 0.231 e. The monoisotopic (exact) mass is 391 g/mol. The number of rotatable bonds is 4. The molecular weight excluding hydrogens is 370 g/mol. The zero-order valence-corrected chi connectivity index (χ0v) is 16.6. The maximum absolute atomic E-state index is 5.78. The normalized spacial score (nSPS) is 11.9. The van der Waals surface area contributed by atoms with Gasteiger partial charge >= 0.3 is 0 Å². The van der Waals surface area contributed by atoms with Gasteiger partial charge in [0.2, 0.25) is 6.79 Å². The molecule has 1 aliphatic rings. The Morgan fingerprint density at radius 3 is 2.46 bits per heavy atom. The Kier molecular flexibility index (Phi) is 5.12. The lowest BCUT2D eigenvalue weighted by Gasteiger charge is -2.26. The van der Waals surface area contributed by atoms with E-state index in [0.29, 0.717) is 11.7 Å². The van der Waals surface area contributed by atoms with Gasteiger partial charge in [0.05, 0.1) is 6.54 Å². The second-order valence-electron chi connectivity index (χ2n) is 6.79. The van der Waals surface area contributed by atoms with Gasteiger partial charge in [-0.1, -0.05) is 6.07 Å². The molecule has 0 bridgehead atoms. The van der Waals surface area contributed by atoms with Crippen LogP contribution >= 0.6 is 12.2 Å². The Hall–Kier alpha value is -3.12. The number of benzene rings is 2. The van der Waals surface area contributed by atoms with Crippen molar-refractivity contribution < 1.29 is 9.47 Å². The summed E-state index contributed by atoms with van der Waals surface area (Å²) in [6.45, 7) is 5.01. The second kappa shape index (κ2) is 7.86. The largest absolute Gasteiger partial charge is 0.454 e. The molecule has 0 saturated heterocycles. The third-order valence-electron chi connectivity index (χ3n) is 4.48. The van der Waals surface area contributed by atoms with Crippen molar-refractivity contribution in [1.82, 2.24) is 4.98 Å². The second-order valence-corrected chi connectivity index (χ2v) is 7.17. The van der Waals surface area contributed by atoms with E-state index < -0.39 is 0 Å².